The second-order valence-corrected chi connectivity index (χ2v) is 10.9. The van der Waals surface area contributed by atoms with Crippen molar-refractivity contribution in [1.29, 1.82) is 0 Å². The Labute approximate surface area is 230 Å². The van der Waals surface area contributed by atoms with Gasteiger partial charge in [-0.1, -0.05) is 41.4 Å². The highest BCUT2D eigenvalue weighted by Gasteiger charge is 2.28. The average Bonchev–Trinajstić information content (AvgIpc) is 3.33. The first kappa shape index (κ1) is 27.5. The van der Waals surface area contributed by atoms with Crippen molar-refractivity contribution in [3.05, 3.63) is 81.4 Å². The lowest BCUT2D eigenvalue weighted by molar-refractivity contribution is 0.0949. The van der Waals surface area contributed by atoms with Gasteiger partial charge < -0.3 is 19.7 Å². The summed E-state index contributed by atoms with van der Waals surface area (Å²) in [4.78, 5) is 22.6. The van der Waals surface area contributed by atoms with E-state index in [9.17, 15) is 4.79 Å². The second-order valence-electron chi connectivity index (χ2n) is 10.1. The van der Waals surface area contributed by atoms with Gasteiger partial charge in [-0.15, -0.1) is 0 Å². The number of halogens is 2. The van der Waals surface area contributed by atoms with E-state index in [4.69, 9.17) is 23.2 Å². The Morgan fingerprint density at radius 3 is 2.49 bits per heavy atom. The molecule has 0 bridgehead atoms. The first-order valence-electron chi connectivity index (χ1n) is 13.0. The highest BCUT2D eigenvalue weighted by molar-refractivity contribution is 6.31. The molecule has 1 fully saturated rings. The number of aromatic nitrogens is 2. The normalized spacial score (nSPS) is 17.7. The van der Waals surface area contributed by atoms with E-state index >= 15 is 0 Å². The molecule has 1 N–H and O–H groups in total. The molecule has 1 amide bonds. The molecule has 1 heterocycles. The number of rotatable bonds is 9. The number of imidazole rings is 1. The predicted molar refractivity (Wildman–Crippen MR) is 153 cm³/mol. The van der Waals surface area contributed by atoms with Gasteiger partial charge in [0.25, 0.3) is 5.91 Å². The molecule has 0 spiro atoms. The molecule has 1 aromatic heterocycles. The zero-order valence-electron chi connectivity index (χ0n) is 22.2. The van der Waals surface area contributed by atoms with Gasteiger partial charge in [-0.3, -0.25) is 4.79 Å². The highest BCUT2D eigenvalue weighted by atomic mass is 35.5. The van der Waals surface area contributed by atoms with Crippen molar-refractivity contribution in [2.75, 3.05) is 25.5 Å². The van der Waals surface area contributed by atoms with Gasteiger partial charge in [0.1, 0.15) is 5.82 Å². The lowest BCUT2D eigenvalue weighted by Crippen LogP contribution is -2.42. The molecule has 2 aromatic carbocycles. The summed E-state index contributed by atoms with van der Waals surface area (Å²) in [5, 5.41) is 4.34. The monoisotopic (exact) mass is 541 g/mol. The zero-order valence-corrected chi connectivity index (χ0v) is 23.7. The lowest BCUT2D eigenvalue weighted by atomic mass is 9.89. The molecule has 198 valence electrons. The summed E-state index contributed by atoms with van der Waals surface area (Å²) in [6.07, 6.45) is 8.28. The van der Waals surface area contributed by atoms with E-state index < -0.39 is 0 Å². The molecule has 0 aliphatic heterocycles. The summed E-state index contributed by atoms with van der Waals surface area (Å²) in [5.41, 5.74) is 3.61. The second kappa shape index (κ2) is 12.3. The average molecular weight is 543 g/mol. The quantitative estimate of drug-likeness (QED) is 0.351. The first-order chi connectivity index (χ1) is 17.8. The largest absolute Gasteiger partial charge is 0.369 e. The van der Waals surface area contributed by atoms with Gasteiger partial charge in [-0.05, 0) is 83.0 Å². The van der Waals surface area contributed by atoms with Crippen molar-refractivity contribution >= 4 is 34.8 Å². The Hall–Kier alpha value is -2.54. The van der Waals surface area contributed by atoms with Crippen LogP contribution in [0.5, 0.6) is 0 Å². The van der Waals surface area contributed by atoms with Crippen molar-refractivity contribution in [3.8, 4) is 0 Å². The van der Waals surface area contributed by atoms with Crippen molar-refractivity contribution in [2.24, 2.45) is 0 Å². The minimum Gasteiger partial charge on any atom is -0.369 e. The van der Waals surface area contributed by atoms with Crippen LogP contribution in [0.3, 0.4) is 0 Å². The summed E-state index contributed by atoms with van der Waals surface area (Å²) in [6.45, 7) is 5.97. The Kier molecular flexibility index (Phi) is 9.17. The Morgan fingerprint density at radius 2 is 1.81 bits per heavy atom. The van der Waals surface area contributed by atoms with Crippen LogP contribution in [-0.2, 0) is 13.1 Å². The van der Waals surface area contributed by atoms with Crippen LogP contribution in [0.15, 0.2) is 48.8 Å². The van der Waals surface area contributed by atoms with Gasteiger partial charge in [0.15, 0.2) is 0 Å². The summed E-state index contributed by atoms with van der Waals surface area (Å²) in [6, 6.07) is 12.6. The molecule has 1 aliphatic rings. The molecule has 4 rings (SSSR count). The van der Waals surface area contributed by atoms with Crippen LogP contribution in [-0.4, -0.2) is 53.1 Å². The third kappa shape index (κ3) is 6.49. The molecule has 1 aliphatic carbocycles. The van der Waals surface area contributed by atoms with Crippen LogP contribution >= 0.6 is 23.2 Å². The number of hydrogen-bond donors (Lipinski definition) is 1. The molecule has 6 nitrogen and oxygen atoms in total. The van der Waals surface area contributed by atoms with E-state index in [1.54, 1.807) is 12.3 Å². The molecule has 8 heteroatoms. The molecule has 0 saturated heterocycles. The number of anilines is 1. The summed E-state index contributed by atoms with van der Waals surface area (Å²) < 4.78 is 2.00. The highest BCUT2D eigenvalue weighted by Crippen LogP contribution is 2.34. The van der Waals surface area contributed by atoms with E-state index in [-0.39, 0.29) is 5.91 Å². The van der Waals surface area contributed by atoms with E-state index in [0.717, 1.165) is 42.0 Å². The van der Waals surface area contributed by atoms with Crippen LogP contribution in [0, 0.1) is 6.92 Å². The van der Waals surface area contributed by atoms with E-state index in [2.05, 4.69) is 41.1 Å². The third-order valence-electron chi connectivity index (χ3n) is 7.58. The Morgan fingerprint density at radius 1 is 1.11 bits per heavy atom. The van der Waals surface area contributed by atoms with Crippen LogP contribution < -0.4 is 10.2 Å². The van der Waals surface area contributed by atoms with Crippen LogP contribution in [0.2, 0.25) is 10.0 Å². The number of carbonyl (C=O) groups is 1. The summed E-state index contributed by atoms with van der Waals surface area (Å²) >= 11 is 12.9. The van der Waals surface area contributed by atoms with E-state index in [1.165, 1.54) is 12.8 Å². The van der Waals surface area contributed by atoms with Gasteiger partial charge in [-0.2, -0.15) is 0 Å². The molecule has 1 saturated carbocycles. The van der Waals surface area contributed by atoms with Crippen molar-refractivity contribution in [2.45, 2.75) is 64.7 Å². The number of hydrogen-bond acceptors (Lipinski definition) is 4. The minimum absolute atomic E-state index is 0.152. The van der Waals surface area contributed by atoms with Crippen molar-refractivity contribution < 1.29 is 4.79 Å². The fraction of sp³-hybridized carbons (Fsp3) is 0.448. The maximum Gasteiger partial charge on any atom is 0.252 e. The molecule has 37 heavy (non-hydrogen) atoms. The number of benzene rings is 2. The van der Waals surface area contributed by atoms with Gasteiger partial charge in [-0.25, -0.2) is 4.98 Å². The predicted octanol–water partition coefficient (Wildman–Crippen LogP) is 6.18. The van der Waals surface area contributed by atoms with E-state index in [1.807, 2.05) is 48.0 Å². The molecular formula is C29H37Cl2N5O. The molecular weight excluding hydrogens is 505 g/mol. The number of carbonyl (C=O) groups excluding carboxylic acids is 1. The summed E-state index contributed by atoms with van der Waals surface area (Å²) in [7, 11) is 4.33. The number of amides is 1. The molecule has 0 atom stereocenters. The smallest absolute Gasteiger partial charge is 0.252 e. The standard InChI is InChI=1S/C29H37Cl2N5O/c1-5-36(24-12-10-23(11-13-24)34(3)4)27-17-22(30)16-25(20(27)2)29(37)33-18-28-32-14-15-35(28)19-21-8-6-7-9-26(21)31/h6-9,14-17,23-24H,5,10-13,18-19H2,1-4H3,(H,33,37). The van der Waals surface area contributed by atoms with Gasteiger partial charge in [0.05, 0.1) is 13.1 Å². The maximum absolute atomic E-state index is 13.3. The Balaban J connectivity index is 1.48. The SMILES string of the molecule is CCN(c1cc(Cl)cc(C(=O)NCc2nccn2Cc2ccccc2Cl)c1C)C1CCC(N(C)C)CC1. The molecule has 3 aromatic rings. The zero-order chi connectivity index (χ0) is 26.5. The topological polar surface area (TPSA) is 53.4 Å². The van der Waals surface area contributed by atoms with Crippen molar-refractivity contribution in [1.82, 2.24) is 19.8 Å². The Bertz CT molecular complexity index is 1220. The molecule has 0 unspecified atom stereocenters. The fourth-order valence-corrected chi connectivity index (χ4v) is 5.83. The first-order valence-corrected chi connectivity index (χ1v) is 13.8. The van der Waals surface area contributed by atoms with Crippen LogP contribution in [0.1, 0.15) is 59.9 Å². The minimum atomic E-state index is -0.152. The number of nitrogens with one attached hydrogen (secondary N) is 1. The van der Waals surface area contributed by atoms with Gasteiger partial charge >= 0.3 is 0 Å². The van der Waals surface area contributed by atoms with Gasteiger partial charge in [0, 0.05) is 52.3 Å². The van der Waals surface area contributed by atoms with Gasteiger partial charge in [0.2, 0.25) is 0 Å². The maximum atomic E-state index is 13.3. The third-order valence-corrected chi connectivity index (χ3v) is 8.17. The number of nitrogens with zero attached hydrogens (tertiary/aromatic N) is 4. The van der Waals surface area contributed by atoms with Crippen molar-refractivity contribution in [3.63, 3.8) is 0 Å². The molecule has 0 radical (unpaired) electrons. The fourth-order valence-electron chi connectivity index (χ4n) is 5.43. The lowest BCUT2D eigenvalue weighted by Gasteiger charge is -2.40. The van der Waals surface area contributed by atoms with Crippen LogP contribution in [0.4, 0.5) is 5.69 Å². The summed E-state index contributed by atoms with van der Waals surface area (Å²) in [5.74, 6) is 0.613. The van der Waals surface area contributed by atoms with Crippen LogP contribution in [0.25, 0.3) is 0 Å². The van der Waals surface area contributed by atoms with E-state index in [0.29, 0.717) is 40.8 Å².